The second-order valence-corrected chi connectivity index (χ2v) is 11.3. The molecule has 7 rings (SSSR count). The molecule has 4 heterocycles. The zero-order valence-corrected chi connectivity index (χ0v) is 18.9. The molecule has 2 spiro atoms. The second kappa shape index (κ2) is 5.80. The number of ether oxygens (including phenoxy) is 5. The molecule has 0 amide bonds. The maximum absolute atomic E-state index is 12.7. The van der Waals surface area contributed by atoms with Gasteiger partial charge in [-0.15, -0.1) is 0 Å². The Bertz CT molecular complexity index is 1050. The van der Waals surface area contributed by atoms with Crippen LogP contribution in [0.2, 0.25) is 0 Å². The minimum Gasteiger partial charge on any atom is -0.481 e. The highest BCUT2D eigenvalue weighted by Crippen LogP contribution is 2.83. The van der Waals surface area contributed by atoms with E-state index in [-0.39, 0.29) is 54.4 Å². The van der Waals surface area contributed by atoms with Crippen LogP contribution in [0.3, 0.4) is 0 Å². The lowest BCUT2D eigenvalue weighted by Crippen LogP contribution is -2.70. The molecule has 5 unspecified atom stereocenters. The van der Waals surface area contributed by atoms with Gasteiger partial charge in [0.05, 0.1) is 18.9 Å². The molecule has 3 aliphatic carbocycles. The van der Waals surface area contributed by atoms with Crippen LogP contribution in [0, 0.1) is 17.3 Å². The topological polar surface area (TPSA) is 127 Å². The van der Waals surface area contributed by atoms with Crippen LogP contribution in [-0.4, -0.2) is 70.8 Å². The van der Waals surface area contributed by atoms with E-state index >= 15 is 0 Å². The molecule has 9 nitrogen and oxygen atoms in total. The van der Waals surface area contributed by atoms with Crippen molar-refractivity contribution in [2.75, 3.05) is 6.61 Å². The lowest BCUT2D eigenvalue weighted by atomic mass is 9.46. The molecule has 4 aliphatic heterocycles. The molecule has 0 aromatic carbocycles. The predicted molar refractivity (Wildman–Crippen MR) is 108 cm³/mol. The first-order valence-electron chi connectivity index (χ1n) is 12.0. The number of carbonyl (C=O) groups excluding carboxylic acids is 2. The molecule has 0 aromatic rings. The Kier molecular flexibility index (Phi) is 3.59. The van der Waals surface area contributed by atoms with Crippen LogP contribution in [0.1, 0.15) is 52.9 Å². The molecular weight excluding hydrogens is 432 g/mol. The molecule has 5 fully saturated rings. The Labute approximate surface area is 190 Å². The predicted octanol–water partition coefficient (Wildman–Crippen LogP) is 1.52. The van der Waals surface area contributed by atoms with Crippen molar-refractivity contribution in [3.8, 4) is 0 Å². The van der Waals surface area contributed by atoms with Gasteiger partial charge in [0.1, 0.15) is 30.0 Å². The molecule has 0 bridgehead atoms. The van der Waals surface area contributed by atoms with Gasteiger partial charge >= 0.3 is 17.9 Å². The first-order valence-corrected chi connectivity index (χ1v) is 12.0. The first kappa shape index (κ1) is 20.4. The first-order chi connectivity index (χ1) is 15.6. The van der Waals surface area contributed by atoms with Crippen LogP contribution in [0.4, 0.5) is 0 Å². The highest BCUT2D eigenvalue weighted by Gasteiger charge is 3.01. The van der Waals surface area contributed by atoms with Crippen LogP contribution in [0.15, 0.2) is 11.1 Å². The third kappa shape index (κ3) is 2.06. The summed E-state index contributed by atoms with van der Waals surface area (Å²) in [5.74, 6) is -1.63. The SMILES string of the molecule is CC(C)[C@]12OC1C1O[C@@]13[C@]1(OC1CC1C4=C(CC[C@@]13C)C(=O)OC4)C2OC(=O)CCC(=O)O. The number of carbonyl (C=O) groups is 3. The Morgan fingerprint density at radius 1 is 1.18 bits per heavy atom. The van der Waals surface area contributed by atoms with Crippen molar-refractivity contribution in [1.82, 2.24) is 0 Å². The summed E-state index contributed by atoms with van der Waals surface area (Å²) in [7, 11) is 0. The molecule has 33 heavy (non-hydrogen) atoms. The van der Waals surface area contributed by atoms with E-state index in [0.29, 0.717) is 19.4 Å². The van der Waals surface area contributed by atoms with Gasteiger partial charge in [-0.2, -0.15) is 0 Å². The summed E-state index contributed by atoms with van der Waals surface area (Å²) in [6.07, 6.45) is 0.464. The number of carboxylic acids is 1. The van der Waals surface area contributed by atoms with E-state index in [2.05, 4.69) is 6.92 Å². The van der Waals surface area contributed by atoms with Gasteiger partial charge in [-0.25, -0.2) is 4.79 Å². The largest absolute Gasteiger partial charge is 0.481 e. The minimum atomic E-state index is -1.04. The molecule has 1 N–H and O–H groups in total. The van der Waals surface area contributed by atoms with E-state index in [4.69, 9.17) is 28.8 Å². The van der Waals surface area contributed by atoms with Crippen molar-refractivity contribution in [1.29, 1.82) is 0 Å². The van der Waals surface area contributed by atoms with Crippen molar-refractivity contribution >= 4 is 17.9 Å². The summed E-state index contributed by atoms with van der Waals surface area (Å²) in [6, 6.07) is 0. The summed E-state index contributed by atoms with van der Waals surface area (Å²) >= 11 is 0. The smallest absolute Gasteiger partial charge is 0.334 e. The van der Waals surface area contributed by atoms with Gasteiger partial charge in [0.25, 0.3) is 0 Å². The highest BCUT2D eigenvalue weighted by molar-refractivity contribution is 5.92. The Hall–Kier alpha value is -1.97. The van der Waals surface area contributed by atoms with E-state index in [1.165, 1.54) is 0 Å². The average Bonchev–Trinajstić information content (AvgIpc) is 3.65. The number of rotatable bonds is 5. The molecule has 0 aromatic heterocycles. The number of aliphatic carboxylic acids is 1. The van der Waals surface area contributed by atoms with Crippen molar-refractivity contribution in [2.24, 2.45) is 17.3 Å². The third-order valence-electron chi connectivity index (χ3n) is 9.86. The Morgan fingerprint density at radius 3 is 2.70 bits per heavy atom. The van der Waals surface area contributed by atoms with Crippen molar-refractivity contribution < 1.29 is 43.2 Å². The van der Waals surface area contributed by atoms with Crippen LogP contribution >= 0.6 is 0 Å². The summed E-state index contributed by atoms with van der Waals surface area (Å²) in [6.45, 7) is 6.65. The van der Waals surface area contributed by atoms with E-state index in [0.717, 1.165) is 17.6 Å². The van der Waals surface area contributed by atoms with E-state index < -0.39 is 34.8 Å². The number of esters is 2. The number of carboxylic acid groups (broad SMARTS) is 1. The van der Waals surface area contributed by atoms with Crippen LogP contribution in [0.25, 0.3) is 0 Å². The minimum absolute atomic E-state index is 0.0632. The molecule has 9 heteroatoms. The summed E-state index contributed by atoms with van der Waals surface area (Å²) < 4.78 is 30.9. The summed E-state index contributed by atoms with van der Waals surface area (Å²) in [4.78, 5) is 36.0. The normalized spacial score (nSPS) is 51.9. The van der Waals surface area contributed by atoms with Gasteiger partial charge in [0.15, 0.2) is 11.7 Å². The van der Waals surface area contributed by atoms with Crippen LogP contribution < -0.4 is 0 Å². The molecule has 7 aliphatic rings. The van der Waals surface area contributed by atoms with Crippen LogP contribution in [-0.2, 0) is 38.1 Å². The van der Waals surface area contributed by atoms with Crippen molar-refractivity contribution in [3.05, 3.63) is 11.1 Å². The summed E-state index contributed by atoms with van der Waals surface area (Å²) in [5.41, 5.74) is -0.569. The quantitative estimate of drug-likeness (QED) is 0.480. The molecule has 9 atom stereocenters. The Morgan fingerprint density at radius 2 is 1.97 bits per heavy atom. The maximum Gasteiger partial charge on any atom is 0.334 e. The van der Waals surface area contributed by atoms with Gasteiger partial charge in [-0.1, -0.05) is 20.8 Å². The average molecular weight is 460 g/mol. The number of hydrogen-bond donors (Lipinski definition) is 1. The fourth-order valence-electron chi connectivity index (χ4n) is 8.24. The molecule has 2 saturated carbocycles. The lowest BCUT2D eigenvalue weighted by Gasteiger charge is -2.53. The van der Waals surface area contributed by atoms with Gasteiger partial charge in [0.2, 0.25) is 0 Å². The van der Waals surface area contributed by atoms with Gasteiger partial charge in [-0.3, -0.25) is 9.59 Å². The lowest BCUT2D eigenvalue weighted by molar-refractivity contribution is -0.170. The molecular formula is C24H28O9. The van der Waals surface area contributed by atoms with E-state index in [9.17, 15) is 14.4 Å². The fraction of sp³-hybridized carbons (Fsp3) is 0.792. The number of cyclic esters (lactones) is 1. The third-order valence-corrected chi connectivity index (χ3v) is 9.86. The van der Waals surface area contributed by atoms with Gasteiger partial charge in [0, 0.05) is 11.0 Å². The number of epoxide rings is 3. The van der Waals surface area contributed by atoms with E-state index in [1.54, 1.807) is 0 Å². The highest BCUT2D eigenvalue weighted by atomic mass is 16.8. The van der Waals surface area contributed by atoms with Crippen molar-refractivity contribution in [2.45, 2.75) is 94.1 Å². The summed E-state index contributed by atoms with van der Waals surface area (Å²) in [5, 5.41) is 9.00. The second-order valence-electron chi connectivity index (χ2n) is 11.3. The fourth-order valence-corrected chi connectivity index (χ4v) is 8.24. The maximum atomic E-state index is 12.7. The van der Waals surface area contributed by atoms with Gasteiger partial charge in [-0.05, 0) is 36.7 Å². The molecule has 178 valence electrons. The standard InChI is InChI=1S/C24H28O9/c1-10(2)22-17(32-22)18-24(33-18)21(3)7-6-11-12(9-29-19(11)28)13(21)8-14-23(24,31-14)20(22)30-16(27)5-4-15(25)26/h10,13-14,17-18,20H,4-9H2,1-3H3,(H,25,26)/t13?,14?,17?,18?,20?,21-,22-,23+,24-/m0/s1. The van der Waals surface area contributed by atoms with Gasteiger partial charge < -0.3 is 28.8 Å². The molecule has 3 saturated heterocycles. The number of fused-ring (bicyclic) bond motifs is 4. The zero-order chi connectivity index (χ0) is 23.1. The van der Waals surface area contributed by atoms with Crippen LogP contribution in [0.5, 0.6) is 0 Å². The van der Waals surface area contributed by atoms with E-state index in [1.807, 2.05) is 13.8 Å². The zero-order valence-electron chi connectivity index (χ0n) is 18.9. The number of hydrogen-bond acceptors (Lipinski definition) is 8. The molecule has 0 radical (unpaired) electrons. The monoisotopic (exact) mass is 460 g/mol. The Balaban J connectivity index is 1.29. The van der Waals surface area contributed by atoms with Crippen molar-refractivity contribution in [3.63, 3.8) is 0 Å².